The maximum atomic E-state index is 11.8. The van der Waals surface area contributed by atoms with Gasteiger partial charge in [0.2, 0.25) is 0 Å². The summed E-state index contributed by atoms with van der Waals surface area (Å²) in [4.78, 5) is 11.6. The number of esters is 1. The van der Waals surface area contributed by atoms with Crippen LogP contribution in [0.25, 0.3) is 0 Å². The van der Waals surface area contributed by atoms with Gasteiger partial charge < -0.3 is 14.9 Å². The lowest BCUT2D eigenvalue weighted by Gasteiger charge is -2.53. The van der Waals surface area contributed by atoms with Gasteiger partial charge in [-0.2, -0.15) is 0 Å². The Bertz CT molecular complexity index is 663. The number of fused-ring (bicyclic) bond motifs is 2. The predicted molar refractivity (Wildman–Crippen MR) is 101 cm³/mol. The van der Waals surface area contributed by atoms with E-state index in [-0.39, 0.29) is 23.4 Å². The summed E-state index contributed by atoms with van der Waals surface area (Å²) in [5.41, 5.74) is 1.47. The number of carbonyl (C=O) groups is 1. The second-order valence-corrected chi connectivity index (χ2v) is 9.56. The van der Waals surface area contributed by atoms with Crippen molar-refractivity contribution in [1.82, 2.24) is 0 Å². The first-order valence-electron chi connectivity index (χ1n) is 9.94. The van der Waals surface area contributed by atoms with Crippen LogP contribution in [0.15, 0.2) is 23.3 Å². The minimum absolute atomic E-state index is 0.206. The van der Waals surface area contributed by atoms with Crippen LogP contribution < -0.4 is 0 Å². The zero-order chi connectivity index (χ0) is 19.5. The Morgan fingerprint density at radius 2 is 1.96 bits per heavy atom. The molecule has 3 aliphatic rings. The largest absolute Gasteiger partial charge is 0.458 e. The maximum absolute atomic E-state index is 11.8. The molecule has 3 aliphatic carbocycles. The van der Waals surface area contributed by atoms with E-state index in [1.165, 1.54) is 18.1 Å². The second kappa shape index (κ2) is 6.20. The van der Waals surface area contributed by atoms with Crippen LogP contribution in [0.1, 0.15) is 73.1 Å². The third kappa shape index (κ3) is 2.68. The zero-order valence-corrected chi connectivity index (χ0v) is 16.9. The minimum atomic E-state index is -1.09. The van der Waals surface area contributed by atoms with Crippen molar-refractivity contribution in [2.45, 2.75) is 91.0 Å². The summed E-state index contributed by atoms with van der Waals surface area (Å²) >= 11 is 0. The molecule has 2 saturated carbocycles. The zero-order valence-electron chi connectivity index (χ0n) is 16.9. The van der Waals surface area contributed by atoms with E-state index in [1.54, 1.807) is 0 Å². The van der Waals surface area contributed by atoms with Crippen LogP contribution in [-0.2, 0) is 9.53 Å². The highest BCUT2D eigenvalue weighted by Crippen LogP contribution is 2.62. The Kier molecular flexibility index (Phi) is 4.68. The quantitative estimate of drug-likeness (QED) is 0.577. The van der Waals surface area contributed by atoms with Crippen LogP contribution in [0.5, 0.6) is 0 Å². The van der Waals surface area contributed by atoms with Crippen molar-refractivity contribution in [2.24, 2.45) is 16.7 Å². The van der Waals surface area contributed by atoms with E-state index in [1.807, 2.05) is 6.92 Å². The fourth-order valence-corrected chi connectivity index (χ4v) is 6.00. The van der Waals surface area contributed by atoms with Crippen LogP contribution in [0.4, 0.5) is 0 Å². The van der Waals surface area contributed by atoms with E-state index < -0.39 is 17.1 Å². The van der Waals surface area contributed by atoms with E-state index in [2.05, 4.69) is 27.4 Å². The third-order valence-corrected chi connectivity index (χ3v) is 7.52. The molecule has 0 amide bonds. The molecule has 5 atom stereocenters. The summed E-state index contributed by atoms with van der Waals surface area (Å²) in [5.74, 6) is 0.0294. The lowest BCUT2D eigenvalue weighted by molar-refractivity contribution is -0.149. The summed E-state index contributed by atoms with van der Waals surface area (Å²) < 4.78 is 5.67. The molecule has 0 spiro atoms. The van der Waals surface area contributed by atoms with E-state index in [9.17, 15) is 15.0 Å². The SMILES string of the molecule is C=C1CC[C@@H](O)[C@@]2(C)CCC3=C(C(C)C)[C@@H](OC(C)=O)C[C@]3(C)C[C@]12O. The van der Waals surface area contributed by atoms with Crippen molar-refractivity contribution in [3.8, 4) is 0 Å². The summed E-state index contributed by atoms with van der Waals surface area (Å²) in [7, 11) is 0. The van der Waals surface area contributed by atoms with Gasteiger partial charge in [-0.15, -0.1) is 0 Å². The van der Waals surface area contributed by atoms with Gasteiger partial charge in [-0.05, 0) is 61.0 Å². The molecule has 3 rings (SSSR count). The molecule has 26 heavy (non-hydrogen) atoms. The molecule has 0 aliphatic heterocycles. The molecule has 0 aromatic rings. The average molecular weight is 363 g/mol. The van der Waals surface area contributed by atoms with E-state index in [0.717, 1.165) is 18.4 Å². The first-order valence-corrected chi connectivity index (χ1v) is 9.94. The van der Waals surface area contributed by atoms with Crippen molar-refractivity contribution < 1.29 is 19.7 Å². The van der Waals surface area contributed by atoms with Crippen molar-refractivity contribution >= 4 is 5.97 Å². The van der Waals surface area contributed by atoms with Gasteiger partial charge in [0.05, 0.1) is 11.7 Å². The monoisotopic (exact) mass is 362 g/mol. The van der Waals surface area contributed by atoms with E-state index in [0.29, 0.717) is 25.7 Å². The molecule has 2 N–H and O–H groups in total. The number of aliphatic hydroxyl groups is 2. The van der Waals surface area contributed by atoms with Crippen molar-refractivity contribution in [1.29, 1.82) is 0 Å². The molecule has 4 heteroatoms. The lowest BCUT2D eigenvalue weighted by Crippen LogP contribution is -2.58. The highest BCUT2D eigenvalue weighted by molar-refractivity contribution is 5.66. The molecule has 4 nitrogen and oxygen atoms in total. The van der Waals surface area contributed by atoms with Crippen LogP contribution in [0, 0.1) is 16.7 Å². The molecule has 0 saturated heterocycles. The van der Waals surface area contributed by atoms with Gasteiger partial charge in [-0.1, -0.05) is 39.8 Å². The lowest BCUT2D eigenvalue weighted by atomic mass is 9.56. The van der Waals surface area contributed by atoms with Gasteiger partial charge >= 0.3 is 5.97 Å². The Labute approximate surface area is 157 Å². The molecular formula is C22H34O4. The Morgan fingerprint density at radius 1 is 1.31 bits per heavy atom. The van der Waals surface area contributed by atoms with Crippen molar-refractivity contribution in [2.75, 3.05) is 0 Å². The minimum Gasteiger partial charge on any atom is -0.458 e. The van der Waals surface area contributed by atoms with Crippen LogP contribution in [-0.4, -0.2) is 34.0 Å². The standard InChI is InChI=1S/C22H34O4/c1-13(2)19-16-9-10-21(6)18(24)8-7-14(3)22(21,25)12-20(16,5)11-17(19)26-15(4)23/h13,17-18,24-25H,3,7-12H2,1-2,4-6H3/t17-,18+,20+,21+,22-/m0/s1. The van der Waals surface area contributed by atoms with Crippen molar-refractivity contribution in [3.63, 3.8) is 0 Å². The molecule has 0 bridgehead atoms. The first kappa shape index (κ1) is 19.6. The van der Waals surface area contributed by atoms with Gasteiger partial charge in [0.15, 0.2) is 0 Å². The number of carbonyl (C=O) groups excluding carboxylic acids is 1. The molecule has 0 heterocycles. The number of ether oxygens (including phenoxy) is 1. The van der Waals surface area contributed by atoms with Crippen LogP contribution >= 0.6 is 0 Å². The Morgan fingerprint density at radius 3 is 2.54 bits per heavy atom. The molecule has 0 aromatic carbocycles. The normalized spacial score (nSPS) is 43.2. The fraction of sp³-hybridized carbons (Fsp3) is 0.773. The topological polar surface area (TPSA) is 66.8 Å². The first-order chi connectivity index (χ1) is 11.9. The Hall–Kier alpha value is -1.13. The summed E-state index contributed by atoms with van der Waals surface area (Å²) in [5, 5.41) is 22.6. The third-order valence-electron chi connectivity index (χ3n) is 7.52. The van der Waals surface area contributed by atoms with Gasteiger partial charge in [-0.3, -0.25) is 4.79 Å². The number of allylic oxidation sites excluding steroid dienone is 1. The van der Waals surface area contributed by atoms with Gasteiger partial charge in [-0.25, -0.2) is 0 Å². The number of rotatable bonds is 2. The van der Waals surface area contributed by atoms with E-state index in [4.69, 9.17) is 4.74 Å². The molecule has 0 radical (unpaired) electrons. The van der Waals surface area contributed by atoms with Gasteiger partial charge in [0.25, 0.3) is 0 Å². The van der Waals surface area contributed by atoms with Crippen molar-refractivity contribution in [3.05, 3.63) is 23.3 Å². The van der Waals surface area contributed by atoms with Gasteiger partial charge in [0, 0.05) is 12.3 Å². The molecule has 146 valence electrons. The maximum Gasteiger partial charge on any atom is 0.303 e. The molecule has 0 aromatic heterocycles. The summed E-state index contributed by atoms with van der Waals surface area (Å²) in [6, 6.07) is 0. The second-order valence-electron chi connectivity index (χ2n) is 9.56. The number of hydrogen-bond donors (Lipinski definition) is 2. The average Bonchev–Trinajstić information content (AvgIpc) is 2.73. The van der Waals surface area contributed by atoms with E-state index >= 15 is 0 Å². The smallest absolute Gasteiger partial charge is 0.303 e. The van der Waals surface area contributed by atoms with Gasteiger partial charge in [0.1, 0.15) is 6.10 Å². The summed E-state index contributed by atoms with van der Waals surface area (Å²) in [6.07, 6.45) is 3.39. The predicted octanol–water partition coefficient (Wildman–Crippen LogP) is 3.91. The highest BCUT2D eigenvalue weighted by atomic mass is 16.5. The number of aliphatic hydroxyl groups excluding tert-OH is 1. The molecule has 0 unspecified atom stereocenters. The Balaban J connectivity index is 2.10. The highest BCUT2D eigenvalue weighted by Gasteiger charge is 2.61. The fourth-order valence-electron chi connectivity index (χ4n) is 6.00. The number of hydrogen-bond acceptors (Lipinski definition) is 4. The summed E-state index contributed by atoms with van der Waals surface area (Å²) in [6.45, 7) is 14.2. The van der Waals surface area contributed by atoms with Crippen LogP contribution in [0.2, 0.25) is 0 Å². The molecular weight excluding hydrogens is 328 g/mol. The molecule has 2 fully saturated rings. The van der Waals surface area contributed by atoms with Crippen LogP contribution in [0.3, 0.4) is 0 Å².